The summed E-state index contributed by atoms with van der Waals surface area (Å²) < 4.78 is 6.39. The summed E-state index contributed by atoms with van der Waals surface area (Å²) in [5.41, 5.74) is 1.32. The van der Waals surface area contributed by atoms with E-state index in [0.29, 0.717) is 17.9 Å². The van der Waals surface area contributed by atoms with Gasteiger partial charge in [-0.3, -0.25) is 0 Å². The van der Waals surface area contributed by atoms with Crippen LogP contribution in [0.3, 0.4) is 0 Å². The van der Waals surface area contributed by atoms with Gasteiger partial charge in [0.25, 0.3) is 0 Å². The van der Waals surface area contributed by atoms with Gasteiger partial charge >= 0.3 is 0 Å². The predicted octanol–water partition coefficient (Wildman–Crippen LogP) is 4.79. The summed E-state index contributed by atoms with van der Waals surface area (Å²) in [5.74, 6) is 2.11. The van der Waals surface area contributed by atoms with E-state index >= 15 is 0 Å². The summed E-state index contributed by atoms with van der Waals surface area (Å²) in [5, 5.41) is 3.67. The first-order chi connectivity index (χ1) is 9.01. The van der Waals surface area contributed by atoms with Crippen molar-refractivity contribution in [2.75, 3.05) is 13.7 Å². The maximum absolute atomic E-state index is 5.27. The third-order valence-electron chi connectivity index (χ3n) is 3.73. The van der Waals surface area contributed by atoms with E-state index in [1.54, 1.807) is 7.11 Å². The molecular weight excluding hydrogens is 302 g/mol. The summed E-state index contributed by atoms with van der Waals surface area (Å²) in [6.45, 7) is 10.1. The van der Waals surface area contributed by atoms with Crippen LogP contribution in [0.5, 0.6) is 5.75 Å². The van der Waals surface area contributed by atoms with Gasteiger partial charge in [0.05, 0.1) is 7.11 Å². The van der Waals surface area contributed by atoms with E-state index in [2.05, 4.69) is 55.0 Å². The number of rotatable bonds is 7. The van der Waals surface area contributed by atoms with Crippen molar-refractivity contribution in [3.05, 3.63) is 28.2 Å². The van der Waals surface area contributed by atoms with Crippen LogP contribution in [0.2, 0.25) is 0 Å². The van der Waals surface area contributed by atoms with E-state index in [0.717, 1.165) is 23.2 Å². The molecule has 0 aromatic heterocycles. The lowest BCUT2D eigenvalue weighted by Crippen LogP contribution is -2.30. The summed E-state index contributed by atoms with van der Waals surface area (Å²) in [6, 6.07) is 6.62. The van der Waals surface area contributed by atoms with Gasteiger partial charge in [-0.2, -0.15) is 0 Å². The minimum atomic E-state index is 0.375. The SMILES string of the molecule is CCCNC(c1ccc(OC)cc1Br)C(C)C(C)C. The number of benzene rings is 1. The van der Waals surface area contributed by atoms with Crippen molar-refractivity contribution < 1.29 is 4.74 Å². The molecule has 0 saturated carbocycles. The van der Waals surface area contributed by atoms with Crippen LogP contribution in [0.25, 0.3) is 0 Å². The molecule has 0 aliphatic carbocycles. The highest BCUT2D eigenvalue weighted by Gasteiger charge is 2.23. The lowest BCUT2D eigenvalue weighted by atomic mass is 9.86. The molecule has 2 unspecified atom stereocenters. The number of methoxy groups -OCH3 is 1. The maximum atomic E-state index is 5.27. The minimum absolute atomic E-state index is 0.375. The highest BCUT2D eigenvalue weighted by molar-refractivity contribution is 9.10. The zero-order chi connectivity index (χ0) is 14.4. The van der Waals surface area contributed by atoms with Gasteiger partial charge < -0.3 is 10.1 Å². The number of hydrogen-bond acceptors (Lipinski definition) is 2. The molecule has 0 spiro atoms. The average molecular weight is 328 g/mol. The van der Waals surface area contributed by atoms with Gasteiger partial charge in [-0.15, -0.1) is 0 Å². The minimum Gasteiger partial charge on any atom is -0.497 e. The zero-order valence-electron chi connectivity index (χ0n) is 12.7. The first kappa shape index (κ1) is 16.5. The molecule has 2 nitrogen and oxygen atoms in total. The molecule has 0 bridgehead atoms. The second-order valence-electron chi connectivity index (χ2n) is 5.42. The molecule has 1 N–H and O–H groups in total. The van der Waals surface area contributed by atoms with Crippen LogP contribution in [-0.2, 0) is 0 Å². The third kappa shape index (κ3) is 4.50. The van der Waals surface area contributed by atoms with Crippen LogP contribution < -0.4 is 10.1 Å². The van der Waals surface area contributed by atoms with Crippen molar-refractivity contribution in [2.24, 2.45) is 11.8 Å². The molecule has 0 radical (unpaired) electrons. The van der Waals surface area contributed by atoms with Gasteiger partial charge in [0.15, 0.2) is 0 Å². The van der Waals surface area contributed by atoms with Crippen LogP contribution >= 0.6 is 15.9 Å². The molecular formula is C16H26BrNO. The van der Waals surface area contributed by atoms with E-state index in [-0.39, 0.29) is 0 Å². The molecule has 108 valence electrons. The third-order valence-corrected chi connectivity index (χ3v) is 4.42. The molecule has 0 aliphatic heterocycles. The standard InChI is InChI=1S/C16H26BrNO/c1-6-9-18-16(12(4)11(2)3)14-8-7-13(19-5)10-15(14)17/h7-8,10-12,16,18H,6,9H2,1-5H3. The molecule has 0 fully saturated rings. The van der Waals surface area contributed by atoms with Crippen molar-refractivity contribution in [2.45, 2.75) is 40.2 Å². The lowest BCUT2D eigenvalue weighted by Gasteiger charge is -2.29. The van der Waals surface area contributed by atoms with E-state index in [1.165, 1.54) is 5.56 Å². The second-order valence-corrected chi connectivity index (χ2v) is 6.28. The van der Waals surface area contributed by atoms with Crippen LogP contribution in [0, 0.1) is 11.8 Å². The zero-order valence-corrected chi connectivity index (χ0v) is 14.3. The van der Waals surface area contributed by atoms with Gasteiger partial charge in [-0.05, 0) is 42.5 Å². The Morgan fingerprint density at radius 3 is 2.42 bits per heavy atom. The Hall–Kier alpha value is -0.540. The fourth-order valence-electron chi connectivity index (χ4n) is 2.15. The number of ether oxygens (including phenoxy) is 1. The van der Waals surface area contributed by atoms with Crippen LogP contribution in [0.4, 0.5) is 0 Å². The summed E-state index contributed by atoms with van der Waals surface area (Å²) in [6.07, 6.45) is 1.15. The van der Waals surface area contributed by atoms with Crippen LogP contribution in [-0.4, -0.2) is 13.7 Å². The molecule has 3 heteroatoms. The Morgan fingerprint density at radius 1 is 1.26 bits per heavy atom. The van der Waals surface area contributed by atoms with Crippen molar-refractivity contribution in [1.29, 1.82) is 0 Å². The summed E-state index contributed by atoms with van der Waals surface area (Å²) in [7, 11) is 1.70. The first-order valence-corrected chi connectivity index (χ1v) is 7.87. The Labute approximate surface area is 126 Å². The maximum Gasteiger partial charge on any atom is 0.120 e. The molecule has 1 aromatic rings. The van der Waals surface area contributed by atoms with E-state index < -0.39 is 0 Å². The fourth-order valence-corrected chi connectivity index (χ4v) is 2.76. The number of hydrogen-bond donors (Lipinski definition) is 1. The Balaban J connectivity index is 3.02. The quantitative estimate of drug-likeness (QED) is 0.777. The largest absolute Gasteiger partial charge is 0.497 e. The Kier molecular flexibility index (Phi) is 6.87. The number of halogens is 1. The highest BCUT2D eigenvalue weighted by Crippen LogP contribution is 2.34. The first-order valence-electron chi connectivity index (χ1n) is 7.08. The second kappa shape index (κ2) is 7.91. The van der Waals surface area contributed by atoms with Gasteiger partial charge in [-0.1, -0.05) is 49.7 Å². The van der Waals surface area contributed by atoms with Crippen molar-refractivity contribution in [3.63, 3.8) is 0 Å². The highest BCUT2D eigenvalue weighted by atomic mass is 79.9. The smallest absolute Gasteiger partial charge is 0.120 e. The molecule has 0 heterocycles. The molecule has 1 aromatic carbocycles. The van der Waals surface area contributed by atoms with E-state index in [9.17, 15) is 0 Å². The molecule has 0 saturated heterocycles. The normalized spacial score (nSPS) is 14.5. The van der Waals surface area contributed by atoms with Gasteiger partial charge in [0.1, 0.15) is 5.75 Å². The van der Waals surface area contributed by atoms with E-state index in [4.69, 9.17) is 4.74 Å². The summed E-state index contributed by atoms with van der Waals surface area (Å²) >= 11 is 3.68. The summed E-state index contributed by atoms with van der Waals surface area (Å²) in [4.78, 5) is 0. The lowest BCUT2D eigenvalue weighted by molar-refractivity contribution is 0.303. The Bertz CT molecular complexity index is 392. The Morgan fingerprint density at radius 2 is 1.95 bits per heavy atom. The van der Waals surface area contributed by atoms with Gasteiger partial charge in [-0.25, -0.2) is 0 Å². The molecule has 0 aliphatic rings. The van der Waals surface area contributed by atoms with Gasteiger partial charge in [0.2, 0.25) is 0 Å². The van der Waals surface area contributed by atoms with Gasteiger partial charge in [0, 0.05) is 10.5 Å². The molecule has 19 heavy (non-hydrogen) atoms. The monoisotopic (exact) mass is 327 g/mol. The van der Waals surface area contributed by atoms with E-state index in [1.807, 2.05) is 12.1 Å². The molecule has 1 rings (SSSR count). The van der Waals surface area contributed by atoms with Crippen molar-refractivity contribution in [1.82, 2.24) is 5.32 Å². The average Bonchev–Trinajstić information content (AvgIpc) is 2.39. The van der Waals surface area contributed by atoms with Crippen LogP contribution in [0.1, 0.15) is 45.7 Å². The fraction of sp³-hybridized carbons (Fsp3) is 0.625. The predicted molar refractivity (Wildman–Crippen MR) is 85.7 cm³/mol. The molecule has 0 amide bonds. The van der Waals surface area contributed by atoms with Crippen molar-refractivity contribution >= 4 is 15.9 Å². The van der Waals surface area contributed by atoms with Crippen LogP contribution in [0.15, 0.2) is 22.7 Å². The topological polar surface area (TPSA) is 21.3 Å². The van der Waals surface area contributed by atoms with Crippen molar-refractivity contribution in [3.8, 4) is 5.75 Å². The number of nitrogens with one attached hydrogen (secondary N) is 1. The molecule has 2 atom stereocenters.